The third-order valence-corrected chi connectivity index (χ3v) is 3.20. The van der Waals surface area contributed by atoms with Gasteiger partial charge in [-0.05, 0) is 18.6 Å². The molecule has 0 atom stereocenters. The molecule has 2 amide bonds. The highest BCUT2D eigenvalue weighted by molar-refractivity contribution is 6.18. The van der Waals surface area contributed by atoms with Crippen molar-refractivity contribution in [1.29, 1.82) is 0 Å². The van der Waals surface area contributed by atoms with E-state index in [0.29, 0.717) is 11.3 Å². The summed E-state index contributed by atoms with van der Waals surface area (Å²) in [6, 6.07) is 10.8. The Morgan fingerprint density at radius 3 is 2.48 bits per heavy atom. The van der Waals surface area contributed by atoms with Gasteiger partial charge in [-0.2, -0.15) is 0 Å². The van der Waals surface area contributed by atoms with Crippen molar-refractivity contribution in [2.45, 2.75) is 6.92 Å². The number of amides is 2. The van der Waals surface area contributed by atoms with Crippen LogP contribution in [-0.4, -0.2) is 23.6 Å². The number of aromatic amines is 1. The summed E-state index contributed by atoms with van der Waals surface area (Å²) in [5.41, 5.74) is 1.40. The SMILES string of the molecule is Cc1cc(-c2ccccc2)c(N2C(=O)COC2=O)c(=O)[nH]1. The number of ether oxygens (including phenoxy) is 1. The van der Waals surface area contributed by atoms with E-state index in [1.165, 1.54) is 0 Å². The number of anilines is 1. The van der Waals surface area contributed by atoms with Gasteiger partial charge < -0.3 is 9.72 Å². The largest absolute Gasteiger partial charge is 0.439 e. The molecule has 1 N–H and O–H groups in total. The summed E-state index contributed by atoms with van der Waals surface area (Å²) in [6.07, 6.45) is -0.827. The second-order valence-electron chi connectivity index (χ2n) is 4.69. The number of hydrogen-bond donors (Lipinski definition) is 1. The van der Waals surface area contributed by atoms with Crippen LogP contribution in [-0.2, 0) is 9.53 Å². The van der Waals surface area contributed by atoms with Crippen LogP contribution in [0.4, 0.5) is 10.5 Å². The van der Waals surface area contributed by atoms with Crippen molar-refractivity contribution in [2.75, 3.05) is 11.5 Å². The highest BCUT2D eigenvalue weighted by Crippen LogP contribution is 2.30. The molecule has 1 aromatic carbocycles. The van der Waals surface area contributed by atoms with Crippen LogP contribution in [0.2, 0.25) is 0 Å². The van der Waals surface area contributed by atoms with E-state index in [9.17, 15) is 14.4 Å². The molecule has 0 spiro atoms. The fourth-order valence-electron chi connectivity index (χ4n) is 2.31. The fraction of sp³-hybridized carbons (Fsp3) is 0.133. The van der Waals surface area contributed by atoms with E-state index in [0.717, 1.165) is 10.5 Å². The first kappa shape index (κ1) is 13.1. The zero-order valence-corrected chi connectivity index (χ0v) is 11.3. The summed E-state index contributed by atoms with van der Waals surface area (Å²) < 4.78 is 4.69. The third kappa shape index (κ3) is 2.20. The number of pyridine rings is 1. The van der Waals surface area contributed by atoms with Crippen molar-refractivity contribution in [2.24, 2.45) is 0 Å². The van der Waals surface area contributed by atoms with E-state index in [4.69, 9.17) is 4.74 Å². The van der Waals surface area contributed by atoms with Crippen LogP contribution in [0.3, 0.4) is 0 Å². The Kier molecular flexibility index (Phi) is 3.06. The summed E-state index contributed by atoms with van der Waals surface area (Å²) in [7, 11) is 0. The van der Waals surface area contributed by atoms with E-state index >= 15 is 0 Å². The van der Waals surface area contributed by atoms with Gasteiger partial charge in [0.25, 0.3) is 11.5 Å². The second kappa shape index (κ2) is 4.90. The Hall–Kier alpha value is -2.89. The van der Waals surface area contributed by atoms with E-state index in [1.54, 1.807) is 13.0 Å². The number of nitrogens with zero attached hydrogens (tertiary/aromatic N) is 1. The minimum Gasteiger partial charge on any atom is -0.439 e. The molecule has 0 radical (unpaired) electrons. The summed E-state index contributed by atoms with van der Waals surface area (Å²) >= 11 is 0. The summed E-state index contributed by atoms with van der Waals surface area (Å²) in [4.78, 5) is 39.2. The van der Waals surface area contributed by atoms with Gasteiger partial charge in [0.2, 0.25) is 0 Å². The summed E-state index contributed by atoms with van der Waals surface area (Å²) in [5, 5.41) is 0. The van der Waals surface area contributed by atoms with Crippen molar-refractivity contribution < 1.29 is 14.3 Å². The van der Waals surface area contributed by atoms with Gasteiger partial charge in [-0.15, -0.1) is 0 Å². The molecule has 0 saturated carbocycles. The topological polar surface area (TPSA) is 79.5 Å². The molecule has 3 rings (SSSR count). The number of imide groups is 1. The predicted octanol–water partition coefficient (Wildman–Crippen LogP) is 1.83. The van der Waals surface area contributed by atoms with Gasteiger partial charge in [0, 0.05) is 11.3 Å². The molecular formula is C15H12N2O4. The minimum absolute atomic E-state index is 0.000648. The smallest absolute Gasteiger partial charge is 0.422 e. The van der Waals surface area contributed by atoms with Gasteiger partial charge in [-0.25, -0.2) is 9.69 Å². The first-order chi connectivity index (χ1) is 10.1. The molecule has 1 aliphatic heterocycles. The number of carbonyl (C=O) groups excluding carboxylic acids is 2. The number of aromatic nitrogens is 1. The first-order valence-electron chi connectivity index (χ1n) is 6.37. The molecule has 1 fully saturated rings. The monoisotopic (exact) mass is 284 g/mol. The Balaban J connectivity index is 2.27. The zero-order chi connectivity index (χ0) is 15.0. The summed E-state index contributed by atoms with van der Waals surface area (Å²) in [6.45, 7) is 1.39. The van der Waals surface area contributed by atoms with E-state index < -0.39 is 17.6 Å². The Bertz CT molecular complexity index is 764. The van der Waals surface area contributed by atoms with Crippen LogP contribution in [0.25, 0.3) is 11.1 Å². The highest BCUT2D eigenvalue weighted by atomic mass is 16.6. The quantitative estimate of drug-likeness (QED) is 0.912. The van der Waals surface area contributed by atoms with Gasteiger partial charge in [0.05, 0.1) is 0 Å². The van der Waals surface area contributed by atoms with Crippen molar-refractivity contribution in [3.8, 4) is 11.1 Å². The van der Waals surface area contributed by atoms with Crippen molar-refractivity contribution >= 4 is 17.7 Å². The summed E-state index contributed by atoms with van der Waals surface area (Å²) in [5.74, 6) is -0.550. The first-order valence-corrected chi connectivity index (χ1v) is 6.37. The molecule has 1 saturated heterocycles. The van der Waals surface area contributed by atoms with Crippen LogP contribution < -0.4 is 10.5 Å². The van der Waals surface area contributed by atoms with Gasteiger partial charge in [0.1, 0.15) is 5.69 Å². The fourth-order valence-corrected chi connectivity index (χ4v) is 2.31. The number of cyclic esters (lactones) is 1. The molecule has 0 bridgehead atoms. The number of aryl methyl sites for hydroxylation is 1. The number of rotatable bonds is 2. The number of carbonyl (C=O) groups is 2. The average Bonchev–Trinajstić information content (AvgIpc) is 2.79. The Labute approximate surface area is 120 Å². The number of H-pyrrole nitrogens is 1. The highest BCUT2D eigenvalue weighted by Gasteiger charge is 2.36. The third-order valence-electron chi connectivity index (χ3n) is 3.20. The normalized spacial score (nSPS) is 14.4. The van der Waals surface area contributed by atoms with Crippen molar-refractivity contribution in [3.05, 3.63) is 52.4 Å². The van der Waals surface area contributed by atoms with Crippen LogP contribution in [0.15, 0.2) is 41.2 Å². The molecule has 21 heavy (non-hydrogen) atoms. The van der Waals surface area contributed by atoms with E-state index in [1.807, 2.05) is 30.3 Å². The molecule has 0 aliphatic carbocycles. The molecule has 106 valence electrons. The lowest BCUT2D eigenvalue weighted by atomic mass is 10.0. The van der Waals surface area contributed by atoms with Gasteiger partial charge in [0.15, 0.2) is 6.61 Å². The lowest BCUT2D eigenvalue weighted by Crippen LogP contribution is -2.34. The molecule has 6 nitrogen and oxygen atoms in total. The maximum atomic E-state index is 12.3. The average molecular weight is 284 g/mol. The van der Waals surface area contributed by atoms with Gasteiger partial charge >= 0.3 is 6.09 Å². The van der Waals surface area contributed by atoms with Crippen LogP contribution in [0, 0.1) is 6.92 Å². The van der Waals surface area contributed by atoms with E-state index in [-0.39, 0.29) is 12.3 Å². The molecule has 1 aromatic heterocycles. The number of benzene rings is 1. The van der Waals surface area contributed by atoms with Crippen molar-refractivity contribution in [1.82, 2.24) is 4.98 Å². The maximum Gasteiger partial charge on any atom is 0.422 e. The lowest BCUT2D eigenvalue weighted by Gasteiger charge is -2.15. The van der Waals surface area contributed by atoms with Crippen LogP contribution >= 0.6 is 0 Å². The Morgan fingerprint density at radius 2 is 1.86 bits per heavy atom. The lowest BCUT2D eigenvalue weighted by molar-refractivity contribution is -0.117. The maximum absolute atomic E-state index is 12.3. The molecule has 2 heterocycles. The minimum atomic E-state index is -0.827. The van der Waals surface area contributed by atoms with Crippen molar-refractivity contribution in [3.63, 3.8) is 0 Å². The number of nitrogens with one attached hydrogen (secondary N) is 1. The van der Waals surface area contributed by atoms with Gasteiger partial charge in [-0.1, -0.05) is 30.3 Å². The zero-order valence-electron chi connectivity index (χ0n) is 11.3. The molecule has 1 aliphatic rings. The molecule has 2 aromatic rings. The van der Waals surface area contributed by atoms with Crippen LogP contribution in [0.5, 0.6) is 0 Å². The van der Waals surface area contributed by atoms with Gasteiger partial charge in [-0.3, -0.25) is 9.59 Å². The molecular weight excluding hydrogens is 272 g/mol. The Morgan fingerprint density at radius 1 is 1.14 bits per heavy atom. The molecule has 6 heteroatoms. The number of hydrogen-bond acceptors (Lipinski definition) is 4. The second-order valence-corrected chi connectivity index (χ2v) is 4.69. The molecule has 0 unspecified atom stereocenters. The predicted molar refractivity (Wildman–Crippen MR) is 76.1 cm³/mol. The standard InChI is InChI=1S/C15H12N2O4/c1-9-7-11(10-5-3-2-4-6-10)13(14(19)16-9)17-12(18)8-21-15(17)20/h2-7H,8H2,1H3,(H,16,19). The van der Waals surface area contributed by atoms with Crippen LogP contribution in [0.1, 0.15) is 5.69 Å². The van der Waals surface area contributed by atoms with E-state index in [2.05, 4.69) is 4.98 Å².